The number of amides is 1. The summed E-state index contributed by atoms with van der Waals surface area (Å²) in [5.41, 5.74) is 3.97. The van der Waals surface area contributed by atoms with Gasteiger partial charge in [-0.05, 0) is 11.4 Å². The number of hydrazine groups is 1. The van der Waals surface area contributed by atoms with Gasteiger partial charge >= 0.3 is 0 Å². The van der Waals surface area contributed by atoms with Gasteiger partial charge in [-0.15, -0.1) is 27.5 Å². The Morgan fingerprint density at radius 2 is 1.88 bits per heavy atom. The Balaban J connectivity index is 1.59. The van der Waals surface area contributed by atoms with Crippen molar-refractivity contribution in [3.05, 3.63) is 58.2 Å². The Morgan fingerprint density at radius 1 is 1.08 bits per heavy atom. The number of hydrogen-bond donors (Lipinski definition) is 2. The van der Waals surface area contributed by atoms with E-state index < -0.39 is 15.9 Å². The Morgan fingerprint density at radius 3 is 2.58 bits per heavy atom. The van der Waals surface area contributed by atoms with Gasteiger partial charge in [0, 0.05) is 10.9 Å². The topological polar surface area (TPSA) is 88.2 Å². The molecule has 0 radical (unpaired) electrons. The minimum Gasteiger partial charge on any atom is -0.277 e. The number of hydrogen-bond acceptors (Lipinski definition) is 6. The molecule has 2 aromatic heterocycles. The lowest BCUT2D eigenvalue weighted by atomic mass is 10.2. The molecule has 2 heterocycles. The predicted octanol–water partition coefficient (Wildman–Crippen LogP) is 2.42. The van der Waals surface area contributed by atoms with Gasteiger partial charge in [-0.3, -0.25) is 10.2 Å². The summed E-state index contributed by atoms with van der Waals surface area (Å²) in [4.78, 5) is 18.4. The number of nitrogens with zero attached hydrogens (tertiary/aromatic N) is 1. The second kappa shape index (κ2) is 7.22. The fraction of sp³-hybridized carbons (Fsp3) is 0.0667. The standard InChI is InChI=1S/C15H13N3O3S3/c19-13(17-18-24(20,21)15-7-4-8-22-15)9-14-16-12(10-23-14)11-5-2-1-3-6-11/h1-8,10,18H,9H2,(H,17,19). The van der Waals surface area contributed by atoms with Gasteiger partial charge in [-0.1, -0.05) is 36.4 Å². The zero-order chi connectivity index (χ0) is 17.0. The van der Waals surface area contributed by atoms with Crippen LogP contribution in [-0.4, -0.2) is 19.3 Å². The molecular weight excluding hydrogens is 366 g/mol. The predicted molar refractivity (Wildman–Crippen MR) is 94.0 cm³/mol. The van der Waals surface area contributed by atoms with Crippen LogP contribution in [0.5, 0.6) is 0 Å². The van der Waals surface area contributed by atoms with Crippen molar-refractivity contribution in [2.24, 2.45) is 0 Å². The molecule has 0 bridgehead atoms. The van der Waals surface area contributed by atoms with Gasteiger partial charge < -0.3 is 0 Å². The maximum absolute atomic E-state index is 11.9. The van der Waals surface area contributed by atoms with Crippen molar-refractivity contribution in [2.75, 3.05) is 0 Å². The number of thiophene rings is 1. The minimum absolute atomic E-state index is 0.00443. The van der Waals surface area contributed by atoms with Crippen molar-refractivity contribution in [1.29, 1.82) is 0 Å². The monoisotopic (exact) mass is 379 g/mol. The van der Waals surface area contributed by atoms with E-state index >= 15 is 0 Å². The van der Waals surface area contributed by atoms with Crippen LogP contribution < -0.4 is 10.3 Å². The van der Waals surface area contributed by atoms with Gasteiger partial charge in [0.1, 0.15) is 9.22 Å². The van der Waals surface area contributed by atoms with Gasteiger partial charge in [-0.2, -0.15) is 0 Å². The van der Waals surface area contributed by atoms with Crippen molar-refractivity contribution in [3.63, 3.8) is 0 Å². The van der Waals surface area contributed by atoms with Crippen LogP contribution in [0.1, 0.15) is 5.01 Å². The summed E-state index contributed by atoms with van der Waals surface area (Å²) in [5.74, 6) is -0.468. The van der Waals surface area contributed by atoms with Crippen molar-refractivity contribution in [1.82, 2.24) is 15.2 Å². The molecule has 0 spiro atoms. The van der Waals surface area contributed by atoms with Crippen molar-refractivity contribution in [3.8, 4) is 11.3 Å². The second-order valence-electron chi connectivity index (χ2n) is 4.76. The van der Waals surface area contributed by atoms with E-state index in [1.54, 1.807) is 11.4 Å². The zero-order valence-electron chi connectivity index (χ0n) is 12.3. The van der Waals surface area contributed by atoms with Crippen LogP contribution in [0.2, 0.25) is 0 Å². The Labute approximate surface area is 147 Å². The van der Waals surface area contributed by atoms with E-state index in [1.807, 2.05) is 35.7 Å². The van der Waals surface area contributed by atoms with Crippen LogP contribution >= 0.6 is 22.7 Å². The third-order valence-corrected chi connectivity index (χ3v) is 6.51. The molecular formula is C15H13N3O3S3. The van der Waals surface area contributed by atoms with E-state index in [9.17, 15) is 13.2 Å². The van der Waals surface area contributed by atoms with Crippen LogP contribution in [0.25, 0.3) is 11.3 Å². The van der Waals surface area contributed by atoms with E-state index in [0.29, 0.717) is 5.01 Å². The SMILES string of the molecule is O=C(Cc1nc(-c2ccccc2)cs1)NNS(=O)(=O)c1cccs1. The highest BCUT2D eigenvalue weighted by molar-refractivity contribution is 7.91. The highest BCUT2D eigenvalue weighted by atomic mass is 32.2. The molecule has 2 N–H and O–H groups in total. The average molecular weight is 379 g/mol. The normalized spacial score (nSPS) is 11.3. The third kappa shape index (κ3) is 4.06. The number of sulfonamides is 1. The number of benzene rings is 1. The Hall–Kier alpha value is -2.07. The lowest BCUT2D eigenvalue weighted by Crippen LogP contribution is -2.42. The first-order chi connectivity index (χ1) is 11.5. The first-order valence-electron chi connectivity index (χ1n) is 6.88. The lowest BCUT2D eigenvalue weighted by Gasteiger charge is -2.05. The van der Waals surface area contributed by atoms with Crippen LogP contribution in [0.3, 0.4) is 0 Å². The smallest absolute Gasteiger partial charge is 0.266 e. The van der Waals surface area contributed by atoms with E-state index in [-0.39, 0.29) is 10.6 Å². The summed E-state index contributed by atoms with van der Waals surface area (Å²) in [6.45, 7) is 0. The summed E-state index contributed by atoms with van der Waals surface area (Å²) < 4.78 is 24.0. The number of thiazole rings is 1. The Bertz CT molecular complexity index is 919. The zero-order valence-corrected chi connectivity index (χ0v) is 14.7. The van der Waals surface area contributed by atoms with Crippen LogP contribution in [0.15, 0.2) is 57.4 Å². The molecule has 0 aliphatic rings. The molecule has 24 heavy (non-hydrogen) atoms. The third-order valence-electron chi connectivity index (χ3n) is 3.02. The molecule has 1 amide bonds. The molecule has 0 unspecified atom stereocenters. The number of carbonyl (C=O) groups is 1. The van der Waals surface area contributed by atoms with E-state index in [1.165, 1.54) is 17.4 Å². The maximum Gasteiger partial charge on any atom is 0.266 e. The molecule has 124 valence electrons. The minimum atomic E-state index is -3.72. The molecule has 0 aliphatic carbocycles. The van der Waals surface area contributed by atoms with Crippen molar-refractivity contribution >= 4 is 38.6 Å². The van der Waals surface area contributed by atoms with E-state index in [4.69, 9.17) is 0 Å². The summed E-state index contributed by atoms with van der Waals surface area (Å²) in [5, 5.41) is 4.13. The molecule has 1 aromatic carbocycles. The fourth-order valence-corrected chi connectivity index (χ4v) is 4.56. The number of nitrogens with one attached hydrogen (secondary N) is 2. The van der Waals surface area contributed by atoms with E-state index in [2.05, 4.69) is 15.2 Å². The summed E-state index contributed by atoms with van der Waals surface area (Å²) in [7, 11) is -3.72. The highest BCUT2D eigenvalue weighted by Crippen LogP contribution is 2.21. The van der Waals surface area contributed by atoms with E-state index in [0.717, 1.165) is 22.6 Å². The van der Waals surface area contributed by atoms with Crippen LogP contribution in [-0.2, 0) is 21.2 Å². The lowest BCUT2D eigenvalue weighted by molar-refractivity contribution is -0.120. The Kier molecular flexibility index (Phi) is 5.05. The molecule has 0 fully saturated rings. The van der Waals surface area contributed by atoms with Crippen molar-refractivity contribution in [2.45, 2.75) is 10.6 Å². The molecule has 6 nitrogen and oxygen atoms in total. The number of rotatable bonds is 6. The first-order valence-corrected chi connectivity index (χ1v) is 10.1. The van der Waals surface area contributed by atoms with Crippen LogP contribution in [0, 0.1) is 0 Å². The van der Waals surface area contributed by atoms with Gasteiger partial charge in [-0.25, -0.2) is 13.4 Å². The average Bonchev–Trinajstić information content (AvgIpc) is 3.26. The number of aromatic nitrogens is 1. The second-order valence-corrected chi connectivity index (χ2v) is 8.55. The summed E-state index contributed by atoms with van der Waals surface area (Å²) in [6, 6.07) is 12.7. The van der Waals surface area contributed by atoms with Crippen molar-refractivity contribution < 1.29 is 13.2 Å². The highest BCUT2D eigenvalue weighted by Gasteiger charge is 2.16. The number of carbonyl (C=O) groups excluding carboxylic acids is 1. The molecule has 0 saturated carbocycles. The van der Waals surface area contributed by atoms with Gasteiger partial charge in [0.2, 0.25) is 5.91 Å². The summed E-state index contributed by atoms with van der Waals surface area (Å²) >= 11 is 2.43. The van der Waals surface area contributed by atoms with Crippen LogP contribution in [0.4, 0.5) is 0 Å². The molecule has 0 aliphatic heterocycles. The fourth-order valence-electron chi connectivity index (χ4n) is 1.91. The molecule has 0 atom stereocenters. The summed E-state index contributed by atoms with van der Waals surface area (Å²) in [6.07, 6.45) is 0.00443. The first kappa shape index (κ1) is 16.8. The quantitative estimate of drug-likeness (QED) is 0.644. The molecule has 0 saturated heterocycles. The van der Waals surface area contributed by atoms with Gasteiger partial charge in [0.05, 0.1) is 12.1 Å². The molecule has 3 aromatic rings. The maximum atomic E-state index is 11.9. The van der Waals surface area contributed by atoms with Gasteiger partial charge in [0.25, 0.3) is 10.0 Å². The van der Waals surface area contributed by atoms with Gasteiger partial charge in [0.15, 0.2) is 0 Å². The molecule has 3 rings (SSSR count). The largest absolute Gasteiger partial charge is 0.277 e. The molecule has 9 heteroatoms.